The van der Waals surface area contributed by atoms with Crippen LogP contribution in [0.5, 0.6) is 11.5 Å². The van der Waals surface area contributed by atoms with Gasteiger partial charge in [-0.3, -0.25) is 0 Å². The average molecular weight is 368 g/mol. The number of nitrogens with one attached hydrogen (secondary N) is 1. The molecule has 2 aromatic heterocycles. The van der Waals surface area contributed by atoms with Gasteiger partial charge in [-0.15, -0.1) is 0 Å². The summed E-state index contributed by atoms with van der Waals surface area (Å²) in [6.45, 7) is 6.91. The molecule has 27 heavy (non-hydrogen) atoms. The lowest BCUT2D eigenvalue weighted by molar-refractivity contribution is 0.383. The molecule has 1 N–H and O–H groups in total. The Morgan fingerprint density at radius 3 is 2.44 bits per heavy atom. The first-order valence-corrected chi connectivity index (χ1v) is 9.37. The number of anilines is 1. The van der Waals surface area contributed by atoms with Gasteiger partial charge in [0.2, 0.25) is 0 Å². The maximum atomic E-state index is 5.55. The summed E-state index contributed by atoms with van der Waals surface area (Å²) in [7, 11) is 3.36. The minimum Gasteiger partial charge on any atom is -0.496 e. The summed E-state index contributed by atoms with van der Waals surface area (Å²) in [6.07, 6.45) is 4.26. The van der Waals surface area contributed by atoms with Crippen molar-refractivity contribution in [2.75, 3.05) is 19.5 Å². The van der Waals surface area contributed by atoms with Crippen molar-refractivity contribution in [2.45, 2.75) is 46.2 Å². The molecule has 144 valence electrons. The first-order valence-electron chi connectivity index (χ1n) is 9.37. The molecule has 1 atom stereocenters. The molecule has 0 bridgehead atoms. The first kappa shape index (κ1) is 19.0. The standard InChI is InChI=1S/C21H28N4O2/c1-6-8-14(2)22-21-20-17(23-15(3)24-21)11-12-25(20)13-16-18(26-4)9-7-10-19(16)27-5/h7,9-12,14H,6,8,13H2,1-5H3,(H,22,23,24). The molecule has 0 fully saturated rings. The highest BCUT2D eigenvalue weighted by molar-refractivity contribution is 5.86. The van der Waals surface area contributed by atoms with Gasteiger partial charge in [0.25, 0.3) is 0 Å². The van der Waals surface area contributed by atoms with Crippen molar-refractivity contribution in [2.24, 2.45) is 0 Å². The van der Waals surface area contributed by atoms with E-state index in [1.807, 2.05) is 37.4 Å². The smallest absolute Gasteiger partial charge is 0.154 e. The van der Waals surface area contributed by atoms with Gasteiger partial charge in [-0.05, 0) is 38.5 Å². The quantitative estimate of drug-likeness (QED) is 0.638. The third-order valence-electron chi connectivity index (χ3n) is 4.69. The second kappa shape index (κ2) is 8.29. The van der Waals surface area contributed by atoms with E-state index in [2.05, 4.69) is 33.7 Å². The number of aromatic nitrogens is 3. The van der Waals surface area contributed by atoms with E-state index in [-0.39, 0.29) is 0 Å². The fourth-order valence-corrected chi connectivity index (χ4v) is 3.45. The molecule has 3 aromatic rings. The van der Waals surface area contributed by atoms with E-state index in [1.165, 1.54) is 0 Å². The monoisotopic (exact) mass is 368 g/mol. The number of hydrogen-bond donors (Lipinski definition) is 1. The number of ether oxygens (including phenoxy) is 2. The highest BCUT2D eigenvalue weighted by Gasteiger charge is 2.16. The van der Waals surface area contributed by atoms with Crippen molar-refractivity contribution in [3.05, 3.63) is 41.9 Å². The number of nitrogens with zero attached hydrogens (tertiary/aromatic N) is 3. The zero-order chi connectivity index (χ0) is 19.4. The van der Waals surface area contributed by atoms with Crippen LogP contribution in [0.3, 0.4) is 0 Å². The summed E-state index contributed by atoms with van der Waals surface area (Å²) in [5.41, 5.74) is 2.92. The molecule has 1 aromatic carbocycles. The number of fused-ring (bicyclic) bond motifs is 1. The Bertz CT molecular complexity index is 898. The predicted octanol–water partition coefficient (Wildman–Crippen LogP) is 4.41. The largest absolute Gasteiger partial charge is 0.496 e. The van der Waals surface area contributed by atoms with Crippen molar-refractivity contribution >= 4 is 16.9 Å². The van der Waals surface area contributed by atoms with Gasteiger partial charge >= 0.3 is 0 Å². The van der Waals surface area contributed by atoms with Crippen LogP contribution in [0.4, 0.5) is 5.82 Å². The normalized spacial score (nSPS) is 12.2. The van der Waals surface area contributed by atoms with Gasteiger partial charge in [-0.1, -0.05) is 19.4 Å². The third kappa shape index (κ3) is 3.99. The number of methoxy groups -OCH3 is 2. The lowest BCUT2D eigenvalue weighted by Gasteiger charge is -2.18. The van der Waals surface area contributed by atoms with Gasteiger partial charge in [0.05, 0.1) is 31.8 Å². The maximum Gasteiger partial charge on any atom is 0.154 e. The SMILES string of the molecule is CCCC(C)Nc1nc(C)nc2ccn(Cc3c(OC)cccc3OC)c12. The van der Waals surface area contributed by atoms with Crippen LogP contribution in [0, 0.1) is 6.92 Å². The Kier molecular flexibility index (Phi) is 5.84. The van der Waals surface area contributed by atoms with E-state index >= 15 is 0 Å². The zero-order valence-electron chi connectivity index (χ0n) is 16.7. The Morgan fingerprint density at radius 1 is 1.11 bits per heavy atom. The molecule has 6 heteroatoms. The molecule has 0 amide bonds. The predicted molar refractivity (Wildman–Crippen MR) is 109 cm³/mol. The van der Waals surface area contributed by atoms with Crippen LogP contribution in [0.25, 0.3) is 11.0 Å². The fraction of sp³-hybridized carbons (Fsp3) is 0.429. The van der Waals surface area contributed by atoms with Crippen LogP contribution in [0.2, 0.25) is 0 Å². The van der Waals surface area contributed by atoms with Gasteiger partial charge < -0.3 is 19.4 Å². The van der Waals surface area contributed by atoms with Gasteiger partial charge in [0.15, 0.2) is 5.82 Å². The molecule has 1 unspecified atom stereocenters. The Hall–Kier alpha value is -2.76. The van der Waals surface area contributed by atoms with Gasteiger partial charge in [-0.25, -0.2) is 9.97 Å². The number of hydrogen-bond acceptors (Lipinski definition) is 5. The molecule has 2 heterocycles. The summed E-state index contributed by atoms with van der Waals surface area (Å²) in [4.78, 5) is 9.28. The summed E-state index contributed by atoms with van der Waals surface area (Å²) in [5.74, 6) is 3.25. The van der Waals surface area contributed by atoms with Crippen LogP contribution >= 0.6 is 0 Å². The molecule has 0 radical (unpaired) electrons. The van der Waals surface area contributed by atoms with E-state index in [1.54, 1.807) is 14.2 Å². The fourth-order valence-electron chi connectivity index (χ4n) is 3.45. The van der Waals surface area contributed by atoms with Crippen LogP contribution in [-0.4, -0.2) is 34.8 Å². The lowest BCUT2D eigenvalue weighted by Crippen LogP contribution is -2.17. The molecule has 6 nitrogen and oxygen atoms in total. The molecule has 0 aliphatic carbocycles. The van der Waals surface area contributed by atoms with Crippen molar-refractivity contribution in [1.29, 1.82) is 0 Å². The van der Waals surface area contributed by atoms with E-state index in [0.29, 0.717) is 12.6 Å². The molecule has 3 rings (SSSR count). The van der Waals surface area contributed by atoms with Crippen LogP contribution in [0.15, 0.2) is 30.5 Å². The van der Waals surface area contributed by atoms with Crippen molar-refractivity contribution in [3.8, 4) is 11.5 Å². The number of rotatable bonds is 8. The molecule has 0 saturated heterocycles. The minimum absolute atomic E-state index is 0.344. The number of benzene rings is 1. The van der Waals surface area contributed by atoms with Gasteiger partial charge in [0.1, 0.15) is 22.8 Å². The van der Waals surface area contributed by atoms with E-state index in [4.69, 9.17) is 9.47 Å². The molecule has 0 saturated carbocycles. The van der Waals surface area contributed by atoms with Crippen molar-refractivity contribution < 1.29 is 9.47 Å². The zero-order valence-corrected chi connectivity index (χ0v) is 16.7. The second-order valence-electron chi connectivity index (χ2n) is 6.77. The van der Waals surface area contributed by atoms with Crippen molar-refractivity contribution in [3.63, 3.8) is 0 Å². The Morgan fingerprint density at radius 2 is 1.81 bits per heavy atom. The number of aryl methyl sites for hydroxylation is 1. The maximum absolute atomic E-state index is 5.55. The highest BCUT2D eigenvalue weighted by atomic mass is 16.5. The molecule has 0 aliphatic heterocycles. The average Bonchev–Trinajstić information content (AvgIpc) is 3.04. The van der Waals surface area contributed by atoms with E-state index in [0.717, 1.165) is 52.6 Å². The Balaban J connectivity index is 2.06. The summed E-state index contributed by atoms with van der Waals surface area (Å²) in [5, 5.41) is 3.56. The molecular formula is C21H28N4O2. The summed E-state index contributed by atoms with van der Waals surface area (Å²) < 4.78 is 13.3. The van der Waals surface area contributed by atoms with Crippen LogP contribution < -0.4 is 14.8 Å². The van der Waals surface area contributed by atoms with Crippen LogP contribution in [0.1, 0.15) is 38.1 Å². The summed E-state index contributed by atoms with van der Waals surface area (Å²) >= 11 is 0. The topological polar surface area (TPSA) is 61.2 Å². The van der Waals surface area contributed by atoms with Crippen molar-refractivity contribution in [1.82, 2.24) is 14.5 Å². The van der Waals surface area contributed by atoms with Gasteiger partial charge in [-0.2, -0.15) is 0 Å². The minimum atomic E-state index is 0.344. The third-order valence-corrected chi connectivity index (χ3v) is 4.69. The molecular weight excluding hydrogens is 340 g/mol. The van der Waals surface area contributed by atoms with E-state index < -0.39 is 0 Å². The van der Waals surface area contributed by atoms with Gasteiger partial charge in [0, 0.05) is 12.2 Å². The highest BCUT2D eigenvalue weighted by Crippen LogP contribution is 2.31. The van der Waals surface area contributed by atoms with Crippen LogP contribution in [-0.2, 0) is 6.54 Å². The van der Waals surface area contributed by atoms with E-state index in [9.17, 15) is 0 Å². The molecule has 0 aliphatic rings. The first-order chi connectivity index (χ1) is 13.1. The summed E-state index contributed by atoms with van der Waals surface area (Å²) in [6, 6.07) is 8.21. The lowest BCUT2D eigenvalue weighted by atomic mass is 10.1. The second-order valence-corrected chi connectivity index (χ2v) is 6.77. The Labute approximate surface area is 160 Å². The molecule has 0 spiro atoms.